The van der Waals surface area contributed by atoms with Gasteiger partial charge in [-0.15, -0.1) is 0 Å². The summed E-state index contributed by atoms with van der Waals surface area (Å²) >= 11 is 0. The van der Waals surface area contributed by atoms with Gasteiger partial charge in [-0.25, -0.2) is 9.47 Å². The molecule has 0 radical (unpaired) electrons. The summed E-state index contributed by atoms with van der Waals surface area (Å²) in [5, 5.41) is 11.6. The Morgan fingerprint density at radius 1 is 0.931 bits per heavy atom. The Kier molecular flexibility index (Phi) is 10.1. The number of benzene rings is 1. The maximum Gasteiger partial charge on any atom is 0.396 e. The van der Waals surface area contributed by atoms with Crippen molar-refractivity contribution in [3.63, 3.8) is 0 Å². The Bertz CT molecular complexity index is 712. The number of unbranched alkanes of at least 4 members (excludes halogenated alkanes) is 9. The van der Waals surface area contributed by atoms with E-state index in [1.807, 2.05) is 48.8 Å². The summed E-state index contributed by atoms with van der Waals surface area (Å²) in [6.45, 7) is 3.63. The average molecular weight is 462 g/mol. The van der Waals surface area contributed by atoms with Gasteiger partial charge in [-0.2, -0.15) is 0 Å². The SMILES string of the molecule is CCCCCCCCCCCCN1c2nccc[n+]2CC1(O)c1ccccc1.[Br-]. The lowest BCUT2D eigenvalue weighted by molar-refractivity contribution is -0.685. The van der Waals surface area contributed by atoms with E-state index < -0.39 is 5.72 Å². The normalized spacial score (nSPS) is 17.8. The number of hydrogen-bond acceptors (Lipinski definition) is 3. The molecule has 0 aliphatic carbocycles. The smallest absolute Gasteiger partial charge is 0.396 e. The zero-order chi connectivity index (χ0) is 19.7. The van der Waals surface area contributed by atoms with Crippen LogP contribution in [0.15, 0.2) is 48.8 Å². The van der Waals surface area contributed by atoms with Crippen LogP contribution in [0, 0.1) is 0 Å². The molecule has 1 unspecified atom stereocenters. The van der Waals surface area contributed by atoms with E-state index in [-0.39, 0.29) is 17.0 Å². The van der Waals surface area contributed by atoms with Gasteiger partial charge in [0.25, 0.3) is 0 Å². The fraction of sp³-hybridized carbons (Fsp3) is 0.583. The van der Waals surface area contributed by atoms with Crippen molar-refractivity contribution in [2.75, 3.05) is 11.4 Å². The van der Waals surface area contributed by atoms with Crippen molar-refractivity contribution in [2.24, 2.45) is 0 Å². The summed E-state index contributed by atoms with van der Waals surface area (Å²) in [6.07, 6.45) is 17.0. The summed E-state index contributed by atoms with van der Waals surface area (Å²) in [6, 6.07) is 11.9. The van der Waals surface area contributed by atoms with E-state index >= 15 is 0 Å². The van der Waals surface area contributed by atoms with Crippen LogP contribution in [0.4, 0.5) is 5.95 Å². The molecule has 2 aromatic rings. The Morgan fingerprint density at radius 3 is 2.21 bits per heavy atom. The molecule has 0 fully saturated rings. The summed E-state index contributed by atoms with van der Waals surface area (Å²) in [5.74, 6) is 0.866. The van der Waals surface area contributed by atoms with Gasteiger partial charge in [-0.1, -0.05) is 100 Å². The summed E-state index contributed by atoms with van der Waals surface area (Å²) < 4.78 is 2.06. The first-order valence-electron chi connectivity index (χ1n) is 11.2. The molecule has 1 aromatic carbocycles. The van der Waals surface area contributed by atoms with Crippen LogP contribution in [0.3, 0.4) is 0 Å². The molecule has 1 atom stereocenters. The highest BCUT2D eigenvalue weighted by atomic mass is 79.9. The fourth-order valence-electron chi connectivity index (χ4n) is 4.22. The van der Waals surface area contributed by atoms with Crippen LogP contribution in [0.1, 0.15) is 76.7 Å². The van der Waals surface area contributed by atoms with E-state index in [1.54, 1.807) is 0 Å². The van der Waals surface area contributed by atoms with Gasteiger partial charge in [-0.05, 0) is 6.42 Å². The Morgan fingerprint density at radius 2 is 1.55 bits per heavy atom. The van der Waals surface area contributed by atoms with E-state index in [2.05, 4.69) is 21.4 Å². The molecule has 0 bridgehead atoms. The van der Waals surface area contributed by atoms with Crippen molar-refractivity contribution in [2.45, 2.75) is 83.4 Å². The van der Waals surface area contributed by atoms with Gasteiger partial charge in [0.2, 0.25) is 5.72 Å². The minimum Gasteiger partial charge on any atom is -1.00 e. The van der Waals surface area contributed by atoms with E-state index in [9.17, 15) is 5.11 Å². The molecular weight excluding hydrogens is 426 g/mol. The van der Waals surface area contributed by atoms with Crippen molar-refractivity contribution in [1.82, 2.24) is 4.98 Å². The molecule has 5 heteroatoms. The van der Waals surface area contributed by atoms with Crippen LogP contribution in [-0.2, 0) is 12.3 Å². The maximum absolute atomic E-state index is 11.6. The number of hydrogen-bond donors (Lipinski definition) is 1. The van der Waals surface area contributed by atoms with Crippen molar-refractivity contribution >= 4 is 5.95 Å². The predicted molar refractivity (Wildman–Crippen MR) is 114 cm³/mol. The lowest BCUT2D eigenvalue weighted by Gasteiger charge is -2.28. The van der Waals surface area contributed by atoms with Gasteiger partial charge in [0, 0.05) is 11.6 Å². The second-order valence-corrected chi connectivity index (χ2v) is 8.06. The number of halogens is 1. The molecule has 0 saturated heterocycles. The van der Waals surface area contributed by atoms with E-state index in [4.69, 9.17) is 0 Å². The topological polar surface area (TPSA) is 40.2 Å². The lowest BCUT2D eigenvalue weighted by Crippen LogP contribution is -3.00. The highest BCUT2D eigenvalue weighted by Crippen LogP contribution is 2.33. The maximum atomic E-state index is 11.6. The van der Waals surface area contributed by atoms with E-state index in [0.717, 1.165) is 24.5 Å². The van der Waals surface area contributed by atoms with Crippen LogP contribution in [0.5, 0.6) is 0 Å². The molecule has 1 aliphatic heterocycles. The summed E-state index contributed by atoms with van der Waals surface area (Å²) in [7, 11) is 0. The highest BCUT2D eigenvalue weighted by Gasteiger charge is 2.50. The monoisotopic (exact) mass is 461 g/mol. The summed E-state index contributed by atoms with van der Waals surface area (Å²) in [5.41, 5.74) is -0.0744. The third-order valence-corrected chi connectivity index (χ3v) is 5.85. The number of nitrogens with zero attached hydrogens (tertiary/aromatic N) is 3. The molecule has 160 valence electrons. The number of aliphatic hydroxyl groups is 1. The number of fused-ring (bicyclic) bond motifs is 1. The number of anilines is 1. The first-order chi connectivity index (χ1) is 13.8. The Labute approximate surface area is 186 Å². The number of rotatable bonds is 12. The molecule has 3 rings (SSSR count). The third kappa shape index (κ3) is 6.26. The fourth-order valence-corrected chi connectivity index (χ4v) is 4.22. The van der Waals surface area contributed by atoms with Crippen molar-refractivity contribution < 1.29 is 26.7 Å². The largest absolute Gasteiger partial charge is 1.00 e. The molecule has 29 heavy (non-hydrogen) atoms. The molecular formula is C24H36BrN3O. The van der Waals surface area contributed by atoms with Gasteiger partial charge in [0.05, 0.1) is 12.7 Å². The molecule has 1 aromatic heterocycles. The molecule has 1 aliphatic rings. The first kappa shape index (κ1) is 23.8. The van der Waals surface area contributed by atoms with Crippen LogP contribution in [0.25, 0.3) is 0 Å². The zero-order valence-corrected chi connectivity index (χ0v) is 19.4. The zero-order valence-electron chi connectivity index (χ0n) is 17.8. The minimum atomic E-state index is -1.01. The average Bonchev–Trinajstić information content (AvgIpc) is 3.03. The standard InChI is InChI=1S/C24H36N3O.BrH/c1-2-3-4-5-6-7-8-9-10-14-20-27-23-25-18-15-19-26(23)21-24(27,28)22-16-12-11-13-17-22;/h11-13,15-19,28H,2-10,14,20-21H2,1H3;1H/q+1;/p-1. The molecule has 0 spiro atoms. The molecule has 0 saturated carbocycles. The van der Waals surface area contributed by atoms with Crippen molar-refractivity contribution in [1.29, 1.82) is 0 Å². The van der Waals surface area contributed by atoms with Crippen molar-refractivity contribution in [3.05, 3.63) is 54.4 Å². The van der Waals surface area contributed by atoms with E-state index in [1.165, 1.54) is 57.8 Å². The first-order valence-corrected chi connectivity index (χ1v) is 11.2. The van der Waals surface area contributed by atoms with Gasteiger partial charge < -0.3 is 22.1 Å². The van der Waals surface area contributed by atoms with E-state index in [0.29, 0.717) is 6.54 Å². The van der Waals surface area contributed by atoms with Crippen LogP contribution < -0.4 is 26.4 Å². The molecule has 2 heterocycles. The molecule has 0 amide bonds. The third-order valence-electron chi connectivity index (χ3n) is 5.85. The van der Waals surface area contributed by atoms with Crippen molar-refractivity contribution in [3.8, 4) is 0 Å². The number of aromatic nitrogens is 2. The summed E-state index contributed by atoms with van der Waals surface area (Å²) in [4.78, 5) is 6.64. The second kappa shape index (κ2) is 12.3. The Balaban J connectivity index is 0.00000300. The van der Waals surface area contributed by atoms with Gasteiger partial charge >= 0.3 is 5.95 Å². The minimum absolute atomic E-state index is 0. The van der Waals surface area contributed by atoms with Crippen LogP contribution >= 0.6 is 0 Å². The quantitative estimate of drug-likeness (QED) is 0.387. The van der Waals surface area contributed by atoms with Gasteiger partial charge in [0.15, 0.2) is 0 Å². The van der Waals surface area contributed by atoms with Gasteiger partial charge in [-0.3, -0.25) is 0 Å². The second-order valence-electron chi connectivity index (χ2n) is 8.06. The van der Waals surface area contributed by atoms with Crippen LogP contribution in [-0.4, -0.2) is 16.6 Å². The van der Waals surface area contributed by atoms with Gasteiger partial charge in [0.1, 0.15) is 12.7 Å². The molecule has 4 nitrogen and oxygen atoms in total. The van der Waals surface area contributed by atoms with Crippen LogP contribution in [0.2, 0.25) is 0 Å². The Hall–Kier alpha value is -1.46. The molecule has 1 N–H and O–H groups in total. The highest BCUT2D eigenvalue weighted by molar-refractivity contribution is 5.37. The lowest BCUT2D eigenvalue weighted by atomic mass is 10.0. The predicted octanol–water partition coefficient (Wildman–Crippen LogP) is 1.96.